The van der Waals surface area contributed by atoms with Crippen LogP contribution in [0, 0.1) is 11.8 Å². The topological polar surface area (TPSA) is 44.8 Å². The van der Waals surface area contributed by atoms with Crippen molar-refractivity contribution in [3.8, 4) is 0 Å². The first kappa shape index (κ1) is 32.7. The van der Waals surface area contributed by atoms with Crippen molar-refractivity contribution in [3.05, 3.63) is 85.0 Å². The van der Waals surface area contributed by atoms with E-state index in [0.29, 0.717) is 6.42 Å². The van der Waals surface area contributed by atoms with Gasteiger partial charge >= 0.3 is 5.97 Å². The van der Waals surface area contributed by atoms with E-state index >= 15 is 0 Å². The number of allylic oxidation sites excluding steroid dienone is 1. The Morgan fingerprint density at radius 2 is 1.26 bits per heavy atom. The Morgan fingerprint density at radius 3 is 1.76 bits per heavy atom. The highest BCUT2D eigenvalue weighted by molar-refractivity contribution is 6.99. The summed E-state index contributed by atoms with van der Waals surface area (Å²) in [6.45, 7) is 20.3. The quantitative estimate of drug-likeness (QED) is 0.192. The molecule has 1 aliphatic heterocycles. The van der Waals surface area contributed by atoms with E-state index in [1.165, 1.54) is 10.4 Å². The minimum absolute atomic E-state index is 0.0578. The molecule has 0 fully saturated rings. The molecule has 0 N–H and O–H groups in total. The van der Waals surface area contributed by atoms with Crippen LogP contribution in [0.1, 0.15) is 67.7 Å². The molecule has 1 aliphatic carbocycles. The Labute approximate surface area is 256 Å². The third kappa shape index (κ3) is 6.93. The molecule has 4 rings (SSSR count). The number of cyclic esters (lactones) is 1. The van der Waals surface area contributed by atoms with Crippen LogP contribution in [0.4, 0.5) is 0 Å². The zero-order valence-corrected chi connectivity index (χ0v) is 29.2. The van der Waals surface area contributed by atoms with Crippen LogP contribution in [0.2, 0.25) is 23.2 Å². The molecule has 228 valence electrons. The SMILES string of the molecule is C[C@@H]1/C=C\CC[C@@H]2[C@@H](CC(=O)O1)[C@@H](O[Si](c1ccccc1)(c1ccccc1)C(C)(C)C)C=C[C@H]2O[Si](C)(C)C(C)(C)C. The maximum Gasteiger partial charge on any atom is 0.306 e. The maximum atomic E-state index is 13.4. The highest BCUT2D eigenvalue weighted by atomic mass is 28.4. The van der Waals surface area contributed by atoms with Crippen LogP contribution in [0.3, 0.4) is 0 Å². The fourth-order valence-electron chi connectivity index (χ4n) is 6.37. The molecule has 1 heterocycles. The number of rotatable bonds is 6. The Bertz CT molecular complexity index is 1200. The predicted molar refractivity (Wildman–Crippen MR) is 179 cm³/mol. The molecule has 0 radical (unpaired) electrons. The van der Waals surface area contributed by atoms with Crippen LogP contribution in [-0.4, -0.2) is 40.9 Å². The second kappa shape index (κ2) is 12.8. The first-order valence-corrected chi connectivity index (χ1v) is 20.5. The van der Waals surface area contributed by atoms with E-state index in [9.17, 15) is 4.79 Å². The van der Waals surface area contributed by atoms with Crippen molar-refractivity contribution in [1.82, 2.24) is 0 Å². The van der Waals surface area contributed by atoms with Gasteiger partial charge in [0.1, 0.15) is 6.10 Å². The minimum atomic E-state index is -2.85. The average molecular weight is 605 g/mol. The second-order valence-electron chi connectivity index (χ2n) is 14.7. The van der Waals surface area contributed by atoms with Crippen molar-refractivity contribution >= 4 is 33.0 Å². The van der Waals surface area contributed by atoms with Gasteiger partial charge in [0.25, 0.3) is 8.32 Å². The molecule has 0 bridgehead atoms. The zero-order chi connectivity index (χ0) is 30.8. The standard InChI is InChI=1S/C36H52O4Si2/c1-27-18-16-17-23-30-31(26-34(37)38-27)33(25-24-32(30)39-41(8,9)35(2,3)4)40-42(36(5,6)7,28-19-12-10-13-20-28)29-21-14-11-15-22-29/h10-16,18-22,24-25,27,30-33H,17,23,26H2,1-9H3/b18-16-/t27-,30-,31-,32-,33+/m1/s1. The van der Waals surface area contributed by atoms with Gasteiger partial charge in [-0.3, -0.25) is 4.79 Å². The lowest BCUT2D eigenvalue weighted by atomic mass is 9.75. The van der Waals surface area contributed by atoms with E-state index in [-0.39, 0.29) is 46.2 Å². The summed E-state index contributed by atoms with van der Waals surface area (Å²) in [4.78, 5) is 13.4. The maximum absolute atomic E-state index is 13.4. The fourth-order valence-corrected chi connectivity index (χ4v) is 12.3. The first-order valence-electron chi connectivity index (χ1n) is 15.7. The van der Waals surface area contributed by atoms with Gasteiger partial charge in [-0.05, 0) is 65.3 Å². The van der Waals surface area contributed by atoms with Crippen molar-refractivity contribution in [2.45, 2.75) is 109 Å². The van der Waals surface area contributed by atoms with Gasteiger partial charge in [0, 0.05) is 5.92 Å². The molecule has 0 amide bonds. The second-order valence-corrected chi connectivity index (χ2v) is 23.7. The summed E-state index contributed by atoms with van der Waals surface area (Å²) >= 11 is 0. The molecule has 2 aromatic carbocycles. The molecule has 0 unspecified atom stereocenters. The Hall–Kier alpha value is -2.26. The number of hydrogen-bond donors (Lipinski definition) is 0. The van der Waals surface area contributed by atoms with E-state index in [1.807, 2.05) is 13.0 Å². The third-order valence-corrected chi connectivity index (χ3v) is 19.1. The van der Waals surface area contributed by atoms with Crippen molar-refractivity contribution < 1.29 is 18.4 Å². The van der Waals surface area contributed by atoms with Gasteiger partial charge in [0.05, 0.1) is 18.6 Å². The van der Waals surface area contributed by atoms with Crippen LogP contribution < -0.4 is 10.4 Å². The number of ether oxygens (including phenoxy) is 1. The molecule has 4 nitrogen and oxygen atoms in total. The molecule has 5 atom stereocenters. The third-order valence-electron chi connectivity index (χ3n) is 9.64. The van der Waals surface area contributed by atoms with Crippen LogP contribution in [0.15, 0.2) is 85.0 Å². The lowest BCUT2D eigenvalue weighted by molar-refractivity contribution is -0.149. The van der Waals surface area contributed by atoms with E-state index < -0.39 is 16.6 Å². The van der Waals surface area contributed by atoms with Crippen molar-refractivity contribution in [3.63, 3.8) is 0 Å². The highest BCUT2D eigenvalue weighted by Crippen LogP contribution is 2.45. The molecule has 2 aromatic rings. The van der Waals surface area contributed by atoms with Gasteiger partial charge in [-0.2, -0.15) is 0 Å². The summed E-state index contributed by atoms with van der Waals surface area (Å²) in [5, 5.41) is 2.41. The van der Waals surface area contributed by atoms with Gasteiger partial charge in [0.15, 0.2) is 8.32 Å². The van der Waals surface area contributed by atoms with Crippen molar-refractivity contribution in [2.75, 3.05) is 0 Å². The number of hydrogen-bond acceptors (Lipinski definition) is 4. The lowest BCUT2D eigenvalue weighted by Gasteiger charge is -2.49. The van der Waals surface area contributed by atoms with Crippen molar-refractivity contribution in [2.24, 2.45) is 11.8 Å². The molecule has 0 saturated heterocycles. The van der Waals surface area contributed by atoms with E-state index in [1.54, 1.807) is 0 Å². The Balaban J connectivity index is 1.85. The number of benzene rings is 2. The molecule has 0 spiro atoms. The van der Waals surface area contributed by atoms with Crippen LogP contribution in [-0.2, 0) is 18.4 Å². The summed E-state index contributed by atoms with van der Waals surface area (Å²) in [6, 6.07) is 21.5. The first-order chi connectivity index (χ1) is 19.7. The van der Waals surface area contributed by atoms with Gasteiger partial charge in [-0.25, -0.2) is 0 Å². The molecule has 0 aromatic heterocycles. The average Bonchev–Trinajstić information content (AvgIpc) is 2.91. The number of esters is 1. The number of fused-ring (bicyclic) bond motifs is 1. The number of carbonyl (C=O) groups is 1. The van der Waals surface area contributed by atoms with E-state index in [2.05, 4.69) is 134 Å². The smallest absolute Gasteiger partial charge is 0.306 e. The Morgan fingerprint density at radius 1 is 0.738 bits per heavy atom. The normalized spacial score (nSPS) is 26.7. The Kier molecular flexibility index (Phi) is 9.93. The summed E-state index contributed by atoms with van der Waals surface area (Å²) < 4.78 is 20.6. The van der Waals surface area contributed by atoms with Crippen LogP contribution in [0.5, 0.6) is 0 Å². The van der Waals surface area contributed by atoms with Gasteiger partial charge in [0.2, 0.25) is 0 Å². The van der Waals surface area contributed by atoms with Gasteiger partial charge in [-0.1, -0.05) is 120 Å². The predicted octanol–water partition coefficient (Wildman–Crippen LogP) is 7.80. The zero-order valence-electron chi connectivity index (χ0n) is 27.2. The summed E-state index contributed by atoms with van der Waals surface area (Å²) in [7, 11) is -4.92. The number of carbonyl (C=O) groups excluding carboxylic acids is 1. The largest absolute Gasteiger partial charge is 0.458 e. The molecule has 2 aliphatic rings. The summed E-state index contributed by atoms with van der Waals surface area (Å²) in [5.74, 6) is -0.0861. The van der Waals surface area contributed by atoms with E-state index in [0.717, 1.165) is 12.8 Å². The van der Waals surface area contributed by atoms with E-state index in [4.69, 9.17) is 13.6 Å². The van der Waals surface area contributed by atoms with Gasteiger partial charge < -0.3 is 13.6 Å². The van der Waals surface area contributed by atoms with Gasteiger partial charge in [-0.15, -0.1) is 0 Å². The summed E-state index contributed by atoms with van der Waals surface area (Å²) in [6.07, 6.45) is 10.3. The molecular weight excluding hydrogens is 553 g/mol. The van der Waals surface area contributed by atoms with Crippen molar-refractivity contribution in [1.29, 1.82) is 0 Å². The van der Waals surface area contributed by atoms with Crippen LogP contribution >= 0.6 is 0 Å². The van der Waals surface area contributed by atoms with Crippen LogP contribution in [0.25, 0.3) is 0 Å². The fraction of sp³-hybridized carbons (Fsp3) is 0.528. The minimum Gasteiger partial charge on any atom is -0.458 e. The molecule has 42 heavy (non-hydrogen) atoms. The molecule has 6 heteroatoms. The summed E-state index contributed by atoms with van der Waals surface area (Å²) in [5.41, 5.74) is 0. The highest BCUT2D eigenvalue weighted by Gasteiger charge is 2.54. The monoisotopic (exact) mass is 604 g/mol. The molecule has 0 saturated carbocycles. The molecular formula is C36H52O4Si2. The lowest BCUT2D eigenvalue weighted by Crippen LogP contribution is -2.68.